The zero-order chi connectivity index (χ0) is 23.3. The van der Waals surface area contributed by atoms with E-state index in [1.165, 1.54) is 14.7 Å². The first-order chi connectivity index (χ1) is 15.0. The summed E-state index contributed by atoms with van der Waals surface area (Å²) in [5.41, 5.74) is -0.406. The zero-order valence-electron chi connectivity index (χ0n) is 17.7. The maximum absolute atomic E-state index is 13.1. The van der Waals surface area contributed by atoms with E-state index < -0.39 is 22.1 Å². The van der Waals surface area contributed by atoms with Crippen molar-refractivity contribution in [2.24, 2.45) is 0 Å². The Bertz CT molecular complexity index is 1120. The average molecular weight is 492 g/mol. The van der Waals surface area contributed by atoms with Gasteiger partial charge in [0, 0.05) is 57.7 Å². The molecule has 0 N–H and O–H groups in total. The van der Waals surface area contributed by atoms with Crippen molar-refractivity contribution in [3.63, 3.8) is 0 Å². The Balaban J connectivity index is 1.46. The summed E-state index contributed by atoms with van der Waals surface area (Å²) < 4.78 is 67.6. The van der Waals surface area contributed by atoms with E-state index in [0.29, 0.717) is 42.0 Å². The summed E-state index contributed by atoms with van der Waals surface area (Å²) in [7, 11) is -1.63. The van der Waals surface area contributed by atoms with E-state index in [-0.39, 0.29) is 36.9 Å². The van der Waals surface area contributed by atoms with Crippen LogP contribution in [0.15, 0.2) is 12.1 Å². The van der Waals surface area contributed by atoms with Gasteiger partial charge in [-0.25, -0.2) is 4.98 Å². The number of rotatable bonds is 3. The molecule has 2 fully saturated rings. The van der Waals surface area contributed by atoms with Crippen LogP contribution in [0.3, 0.4) is 0 Å². The number of halogens is 3. The second-order valence-electron chi connectivity index (χ2n) is 8.00. The van der Waals surface area contributed by atoms with Crippen molar-refractivity contribution in [1.82, 2.24) is 23.4 Å². The Morgan fingerprint density at radius 2 is 1.56 bits per heavy atom. The van der Waals surface area contributed by atoms with E-state index >= 15 is 0 Å². The van der Waals surface area contributed by atoms with Gasteiger partial charge in [0.2, 0.25) is 0 Å². The molecule has 2 saturated heterocycles. The Morgan fingerprint density at radius 3 is 2.12 bits per heavy atom. The number of fused-ring (bicyclic) bond motifs is 1. The number of alkyl halides is 3. The number of amides is 1. The lowest BCUT2D eigenvalue weighted by atomic mass is 10.1. The van der Waals surface area contributed by atoms with Gasteiger partial charge in [-0.3, -0.25) is 4.79 Å². The highest BCUT2D eigenvalue weighted by Gasteiger charge is 2.36. The number of carbonyl (C=O) groups is 1. The lowest BCUT2D eigenvalue weighted by Crippen LogP contribution is -2.57. The molecule has 0 aliphatic carbocycles. The summed E-state index contributed by atoms with van der Waals surface area (Å²) >= 11 is 0.938. The Kier molecular flexibility index (Phi) is 6.22. The zero-order valence-corrected chi connectivity index (χ0v) is 19.4. The predicted molar refractivity (Wildman–Crippen MR) is 115 cm³/mol. The van der Waals surface area contributed by atoms with Gasteiger partial charge in [0.25, 0.3) is 16.1 Å². The third-order valence-electron chi connectivity index (χ3n) is 5.93. The lowest BCUT2D eigenvalue weighted by Gasteiger charge is -2.39. The molecule has 32 heavy (non-hydrogen) atoms. The lowest BCUT2D eigenvalue weighted by molar-refractivity contribution is -0.140. The topological polar surface area (TPSA) is 77.1 Å². The first-order valence-electron chi connectivity index (χ1n) is 10.2. The van der Waals surface area contributed by atoms with Crippen molar-refractivity contribution >= 4 is 37.7 Å². The Labute approximate surface area is 188 Å². The first kappa shape index (κ1) is 23.4. The Hall–Kier alpha value is -1.80. The molecule has 0 unspecified atom stereocenters. The van der Waals surface area contributed by atoms with Crippen molar-refractivity contribution < 1.29 is 26.4 Å². The molecule has 2 aromatic heterocycles. The minimum Gasteiger partial charge on any atom is -0.335 e. The quantitative estimate of drug-likeness (QED) is 0.655. The molecule has 0 bridgehead atoms. The number of aromatic nitrogens is 1. The molecule has 0 radical (unpaired) electrons. The molecular weight excluding hydrogens is 467 g/mol. The van der Waals surface area contributed by atoms with Gasteiger partial charge in [-0.15, -0.1) is 11.3 Å². The number of piperazine rings is 2. The molecular formula is C19H24F3N5O3S2. The molecule has 13 heteroatoms. The van der Waals surface area contributed by atoms with Crippen LogP contribution in [-0.4, -0.2) is 97.1 Å². The van der Waals surface area contributed by atoms with Crippen LogP contribution < -0.4 is 0 Å². The number of likely N-dealkylation sites (N-methyl/N-ethyl adjacent to an activating group) is 1. The first-order valence-corrected chi connectivity index (χ1v) is 12.4. The SMILES string of the molecule is Cc1c(C(=O)N2CCN(S(=O)(=O)N3CCN(C)CC3)CC2)sc2nc(C(F)(F)F)ccc12. The smallest absolute Gasteiger partial charge is 0.335 e. The van der Waals surface area contributed by atoms with Crippen LogP contribution in [0.25, 0.3) is 10.2 Å². The molecule has 176 valence electrons. The van der Waals surface area contributed by atoms with E-state index in [1.807, 2.05) is 7.05 Å². The monoisotopic (exact) mass is 491 g/mol. The van der Waals surface area contributed by atoms with Crippen molar-refractivity contribution in [3.05, 3.63) is 28.3 Å². The van der Waals surface area contributed by atoms with Crippen LogP contribution >= 0.6 is 11.3 Å². The fourth-order valence-electron chi connectivity index (χ4n) is 3.91. The van der Waals surface area contributed by atoms with Gasteiger partial charge in [0.05, 0.1) is 4.88 Å². The summed E-state index contributed by atoms with van der Waals surface area (Å²) in [4.78, 5) is 20.9. The molecule has 1 amide bonds. The number of pyridine rings is 1. The van der Waals surface area contributed by atoms with Gasteiger partial charge >= 0.3 is 6.18 Å². The highest BCUT2D eigenvalue weighted by molar-refractivity contribution is 7.86. The molecule has 4 heterocycles. The predicted octanol–water partition coefficient (Wildman–Crippen LogP) is 1.87. The summed E-state index contributed by atoms with van der Waals surface area (Å²) in [6, 6.07) is 2.26. The van der Waals surface area contributed by atoms with Crippen LogP contribution in [0.1, 0.15) is 20.9 Å². The van der Waals surface area contributed by atoms with Crippen LogP contribution in [0.2, 0.25) is 0 Å². The third-order valence-corrected chi connectivity index (χ3v) is 9.15. The fraction of sp³-hybridized carbons (Fsp3) is 0.579. The summed E-state index contributed by atoms with van der Waals surface area (Å²) in [6.07, 6.45) is -4.55. The van der Waals surface area contributed by atoms with Crippen molar-refractivity contribution in [2.45, 2.75) is 13.1 Å². The average Bonchev–Trinajstić information content (AvgIpc) is 3.09. The van der Waals surface area contributed by atoms with E-state index in [0.717, 1.165) is 17.4 Å². The normalized spacial score (nSPS) is 20.2. The van der Waals surface area contributed by atoms with Gasteiger partial charge in [-0.1, -0.05) is 0 Å². The summed E-state index contributed by atoms with van der Waals surface area (Å²) in [5.74, 6) is -0.310. The largest absolute Gasteiger partial charge is 0.433 e. The number of hydrogen-bond acceptors (Lipinski definition) is 6. The van der Waals surface area contributed by atoms with E-state index in [2.05, 4.69) is 9.88 Å². The van der Waals surface area contributed by atoms with Gasteiger partial charge in [-0.2, -0.15) is 30.2 Å². The molecule has 0 aromatic carbocycles. The highest BCUT2D eigenvalue weighted by Crippen LogP contribution is 2.35. The van der Waals surface area contributed by atoms with E-state index in [9.17, 15) is 26.4 Å². The van der Waals surface area contributed by atoms with Crippen molar-refractivity contribution in [3.8, 4) is 0 Å². The third kappa shape index (κ3) is 4.36. The maximum atomic E-state index is 13.1. The molecule has 4 rings (SSSR count). The standard InChI is InChI=1S/C19H24F3N5O3S2/c1-13-14-3-4-15(19(20,21)22)23-17(14)31-16(13)18(28)25-7-11-27(12-8-25)32(29,30)26-9-5-24(2)6-10-26/h3-4H,5-12H2,1-2H3. The van der Waals surface area contributed by atoms with Crippen molar-refractivity contribution in [2.75, 3.05) is 59.4 Å². The van der Waals surface area contributed by atoms with Crippen molar-refractivity contribution in [1.29, 1.82) is 0 Å². The van der Waals surface area contributed by atoms with Crippen LogP contribution in [0, 0.1) is 6.92 Å². The molecule has 8 nitrogen and oxygen atoms in total. The van der Waals surface area contributed by atoms with E-state index in [4.69, 9.17) is 0 Å². The highest BCUT2D eigenvalue weighted by atomic mass is 32.2. The molecule has 0 saturated carbocycles. The minimum absolute atomic E-state index is 0.164. The number of thiophene rings is 1. The Morgan fingerprint density at radius 1 is 1.00 bits per heavy atom. The van der Waals surface area contributed by atoms with Gasteiger partial charge < -0.3 is 9.80 Å². The van der Waals surface area contributed by atoms with E-state index in [1.54, 1.807) is 11.8 Å². The summed E-state index contributed by atoms with van der Waals surface area (Å²) in [6.45, 7) is 4.72. The second-order valence-corrected chi connectivity index (χ2v) is 10.9. The van der Waals surface area contributed by atoms with Gasteiger partial charge in [-0.05, 0) is 31.7 Å². The number of aryl methyl sites for hydroxylation is 1. The molecule has 2 aliphatic heterocycles. The van der Waals surface area contributed by atoms with Gasteiger partial charge in [0.1, 0.15) is 10.5 Å². The summed E-state index contributed by atoms with van der Waals surface area (Å²) in [5, 5.41) is 0.516. The van der Waals surface area contributed by atoms with Gasteiger partial charge in [0.15, 0.2) is 0 Å². The second kappa shape index (κ2) is 8.52. The molecule has 0 atom stereocenters. The van der Waals surface area contributed by atoms with Crippen LogP contribution in [-0.2, 0) is 16.4 Å². The number of hydrogen-bond donors (Lipinski definition) is 0. The molecule has 2 aromatic rings. The number of nitrogens with zero attached hydrogens (tertiary/aromatic N) is 5. The number of carbonyl (C=O) groups excluding carboxylic acids is 1. The van der Waals surface area contributed by atoms with Crippen LogP contribution in [0.5, 0.6) is 0 Å². The molecule has 2 aliphatic rings. The molecule has 0 spiro atoms. The fourth-order valence-corrected chi connectivity index (χ4v) is 6.63. The minimum atomic E-state index is -4.55. The van der Waals surface area contributed by atoms with Crippen LogP contribution in [0.4, 0.5) is 13.2 Å². The maximum Gasteiger partial charge on any atom is 0.433 e.